The number of amides is 1. The molecule has 1 aromatic carbocycles. The Morgan fingerprint density at radius 3 is 2.48 bits per heavy atom. The van der Waals surface area contributed by atoms with Crippen molar-refractivity contribution in [1.29, 1.82) is 0 Å². The minimum atomic E-state index is -0.856. The molecule has 6 nitrogen and oxygen atoms in total. The van der Waals surface area contributed by atoms with Crippen LogP contribution < -0.4 is 20.5 Å². The van der Waals surface area contributed by atoms with E-state index in [0.717, 1.165) is 0 Å². The molecule has 3 rings (SSSR count). The first-order chi connectivity index (χ1) is 9.67. The Bertz CT molecular complexity index is 518. The van der Waals surface area contributed by atoms with E-state index in [9.17, 15) is 4.79 Å². The van der Waals surface area contributed by atoms with Crippen molar-refractivity contribution >= 4 is 24.0 Å². The molecule has 2 heterocycles. The van der Waals surface area contributed by atoms with Crippen LogP contribution in [-0.4, -0.2) is 37.9 Å². The Balaban J connectivity index is 0.00000161. The van der Waals surface area contributed by atoms with Gasteiger partial charge in [0.1, 0.15) is 18.8 Å². The van der Waals surface area contributed by atoms with Crippen molar-refractivity contribution in [3.05, 3.63) is 18.2 Å². The van der Waals surface area contributed by atoms with Gasteiger partial charge in [-0.3, -0.25) is 4.79 Å². The number of nitrogens with two attached hydrogens (primary N) is 1. The second-order valence-corrected chi connectivity index (χ2v) is 5.08. The molecule has 1 amide bonds. The maximum absolute atomic E-state index is 12.3. The van der Waals surface area contributed by atoms with Crippen LogP contribution in [-0.2, 0) is 9.53 Å². The van der Waals surface area contributed by atoms with Crippen molar-refractivity contribution < 1.29 is 19.0 Å². The second-order valence-electron chi connectivity index (χ2n) is 5.08. The second kappa shape index (κ2) is 6.51. The van der Waals surface area contributed by atoms with Crippen molar-refractivity contribution in [1.82, 2.24) is 0 Å². The van der Waals surface area contributed by atoms with Crippen molar-refractivity contribution in [3.63, 3.8) is 0 Å². The first kappa shape index (κ1) is 15.9. The van der Waals surface area contributed by atoms with Crippen molar-refractivity contribution in [3.8, 4) is 11.5 Å². The van der Waals surface area contributed by atoms with E-state index in [2.05, 4.69) is 5.32 Å². The number of halogens is 1. The average Bonchev–Trinajstić information content (AvgIpc) is 2.48. The highest BCUT2D eigenvalue weighted by molar-refractivity contribution is 5.98. The van der Waals surface area contributed by atoms with E-state index in [1.54, 1.807) is 18.2 Å². The number of nitrogens with one attached hydrogen (secondary N) is 1. The van der Waals surface area contributed by atoms with Crippen LogP contribution in [0.25, 0.3) is 0 Å². The average molecular weight is 315 g/mol. The van der Waals surface area contributed by atoms with E-state index in [4.69, 9.17) is 19.9 Å². The van der Waals surface area contributed by atoms with Gasteiger partial charge in [-0.25, -0.2) is 0 Å². The number of hydrogen-bond acceptors (Lipinski definition) is 5. The molecule has 0 atom stereocenters. The Morgan fingerprint density at radius 2 is 1.76 bits per heavy atom. The van der Waals surface area contributed by atoms with Gasteiger partial charge in [0.15, 0.2) is 11.5 Å². The van der Waals surface area contributed by atoms with Gasteiger partial charge in [0.05, 0.1) is 0 Å². The Morgan fingerprint density at radius 1 is 1.10 bits per heavy atom. The number of benzene rings is 1. The summed E-state index contributed by atoms with van der Waals surface area (Å²) in [5.74, 6) is 1.16. The molecule has 21 heavy (non-hydrogen) atoms. The van der Waals surface area contributed by atoms with E-state index in [1.807, 2.05) is 0 Å². The van der Waals surface area contributed by atoms with Crippen molar-refractivity contribution in [2.24, 2.45) is 5.73 Å². The normalized spacial score (nSPS) is 19.3. The van der Waals surface area contributed by atoms with E-state index < -0.39 is 5.54 Å². The Labute approximate surface area is 129 Å². The Kier molecular flexibility index (Phi) is 4.92. The van der Waals surface area contributed by atoms with Crippen LogP contribution in [0, 0.1) is 0 Å². The van der Waals surface area contributed by atoms with Crippen LogP contribution in [0.2, 0.25) is 0 Å². The lowest BCUT2D eigenvalue weighted by molar-refractivity contribution is -0.124. The maximum atomic E-state index is 12.3. The first-order valence-electron chi connectivity index (χ1n) is 6.75. The molecule has 0 radical (unpaired) electrons. The van der Waals surface area contributed by atoms with E-state index in [-0.39, 0.29) is 18.3 Å². The van der Waals surface area contributed by atoms with Gasteiger partial charge < -0.3 is 25.3 Å². The van der Waals surface area contributed by atoms with Gasteiger partial charge in [-0.1, -0.05) is 0 Å². The molecule has 2 aliphatic rings. The van der Waals surface area contributed by atoms with Gasteiger partial charge >= 0.3 is 0 Å². The maximum Gasteiger partial charge on any atom is 0.244 e. The summed E-state index contributed by atoms with van der Waals surface area (Å²) in [6.07, 6.45) is 1.06. The third-order valence-corrected chi connectivity index (χ3v) is 3.64. The topological polar surface area (TPSA) is 82.8 Å². The molecule has 116 valence electrons. The van der Waals surface area contributed by atoms with Gasteiger partial charge in [-0.05, 0) is 25.0 Å². The zero-order chi connectivity index (χ0) is 14.0. The number of carbonyl (C=O) groups is 1. The van der Waals surface area contributed by atoms with Crippen LogP contribution in [0.5, 0.6) is 11.5 Å². The molecule has 7 heteroatoms. The number of ether oxygens (including phenoxy) is 3. The molecule has 0 saturated carbocycles. The zero-order valence-electron chi connectivity index (χ0n) is 11.6. The molecule has 0 aromatic heterocycles. The van der Waals surface area contributed by atoms with E-state index in [1.165, 1.54) is 0 Å². The summed E-state index contributed by atoms with van der Waals surface area (Å²) in [7, 11) is 0. The molecule has 0 bridgehead atoms. The number of fused-ring (bicyclic) bond motifs is 1. The smallest absolute Gasteiger partial charge is 0.244 e. The lowest BCUT2D eigenvalue weighted by atomic mass is 9.90. The van der Waals surface area contributed by atoms with E-state index in [0.29, 0.717) is 56.5 Å². The monoisotopic (exact) mass is 314 g/mol. The standard InChI is InChI=1S/C14H18N2O4.ClH/c15-14(3-5-18-6-4-14)13(17)16-10-1-2-11-12(9-10)20-8-7-19-11;/h1-2,9H,3-8,15H2,(H,16,17);1H. The molecule has 2 aliphatic heterocycles. The number of anilines is 1. The fourth-order valence-corrected chi connectivity index (χ4v) is 2.34. The number of rotatable bonds is 2. The predicted molar refractivity (Wildman–Crippen MR) is 80.3 cm³/mol. The molecule has 1 saturated heterocycles. The van der Waals surface area contributed by atoms with E-state index >= 15 is 0 Å². The fourth-order valence-electron chi connectivity index (χ4n) is 2.34. The fraction of sp³-hybridized carbons (Fsp3) is 0.500. The summed E-state index contributed by atoms with van der Waals surface area (Å²) in [4.78, 5) is 12.3. The minimum absolute atomic E-state index is 0. The highest BCUT2D eigenvalue weighted by Gasteiger charge is 2.36. The molecule has 0 unspecified atom stereocenters. The van der Waals surface area contributed by atoms with Gasteiger partial charge in [0, 0.05) is 25.0 Å². The number of carbonyl (C=O) groups excluding carboxylic acids is 1. The van der Waals surface area contributed by atoms with Gasteiger partial charge in [0.25, 0.3) is 0 Å². The highest BCUT2D eigenvalue weighted by Crippen LogP contribution is 2.33. The van der Waals surface area contributed by atoms with Gasteiger partial charge in [0.2, 0.25) is 5.91 Å². The summed E-state index contributed by atoms with van der Waals surface area (Å²) in [5, 5.41) is 2.85. The van der Waals surface area contributed by atoms with Gasteiger partial charge in [-0.2, -0.15) is 0 Å². The SMILES string of the molecule is Cl.NC1(C(=O)Nc2ccc3c(c2)OCCO3)CCOCC1. The summed E-state index contributed by atoms with van der Waals surface area (Å²) >= 11 is 0. The molecule has 1 aromatic rings. The third kappa shape index (κ3) is 3.40. The lowest BCUT2D eigenvalue weighted by Crippen LogP contribution is -2.54. The molecule has 0 aliphatic carbocycles. The van der Waals surface area contributed by atoms with Crippen molar-refractivity contribution in [2.75, 3.05) is 31.7 Å². The highest BCUT2D eigenvalue weighted by atomic mass is 35.5. The zero-order valence-corrected chi connectivity index (χ0v) is 12.4. The summed E-state index contributed by atoms with van der Waals surface area (Å²) in [5.41, 5.74) is 5.95. The molecule has 1 fully saturated rings. The van der Waals surface area contributed by atoms with Crippen LogP contribution in [0.3, 0.4) is 0 Å². The summed E-state index contributed by atoms with van der Waals surface area (Å²) < 4.78 is 16.2. The van der Waals surface area contributed by atoms with Gasteiger partial charge in [-0.15, -0.1) is 12.4 Å². The first-order valence-corrected chi connectivity index (χ1v) is 6.75. The lowest BCUT2D eigenvalue weighted by Gasteiger charge is -2.31. The van der Waals surface area contributed by atoms with Crippen LogP contribution in [0.15, 0.2) is 18.2 Å². The largest absolute Gasteiger partial charge is 0.486 e. The molecular formula is C14H19ClN2O4. The quantitative estimate of drug-likeness (QED) is 0.860. The predicted octanol–water partition coefficient (Wildman–Crippen LogP) is 1.33. The van der Waals surface area contributed by atoms with Crippen LogP contribution >= 0.6 is 12.4 Å². The Hall–Kier alpha value is -1.50. The molecule has 3 N–H and O–H groups in total. The third-order valence-electron chi connectivity index (χ3n) is 3.64. The number of hydrogen-bond donors (Lipinski definition) is 2. The summed E-state index contributed by atoms with van der Waals surface area (Å²) in [6.45, 7) is 2.10. The van der Waals surface area contributed by atoms with Crippen LogP contribution in [0.4, 0.5) is 5.69 Å². The van der Waals surface area contributed by atoms with Crippen molar-refractivity contribution in [2.45, 2.75) is 18.4 Å². The minimum Gasteiger partial charge on any atom is -0.486 e. The molecular weight excluding hydrogens is 296 g/mol. The molecule has 0 spiro atoms. The van der Waals surface area contributed by atoms with Crippen LogP contribution in [0.1, 0.15) is 12.8 Å². The summed E-state index contributed by atoms with van der Waals surface area (Å²) in [6, 6.07) is 5.33.